The van der Waals surface area contributed by atoms with Crippen LogP contribution >= 0.6 is 0 Å². The highest BCUT2D eigenvalue weighted by Gasteiger charge is 2.14. The molecule has 4 heteroatoms. The second kappa shape index (κ2) is 1.98. The molecule has 2 heterocycles. The Hall–Kier alpha value is -1.58. The summed E-state index contributed by atoms with van der Waals surface area (Å²) < 4.78 is 9.89. The van der Waals surface area contributed by atoms with Gasteiger partial charge in [0.1, 0.15) is 12.5 Å². The summed E-state index contributed by atoms with van der Waals surface area (Å²) in [6.45, 7) is 0. The molecule has 2 aliphatic heterocycles. The Morgan fingerprint density at radius 1 is 0.900 bits per heavy atom. The lowest BCUT2D eigenvalue weighted by atomic mass is 10.5. The molecule has 0 aliphatic carbocycles. The maximum atomic E-state index is 4.94. The van der Waals surface area contributed by atoms with Gasteiger partial charge in [-0.1, -0.05) is 0 Å². The predicted octanol–water partition coefficient (Wildman–Crippen LogP) is 0.786. The van der Waals surface area contributed by atoms with E-state index < -0.39 is 0 Å². The monoisotopic (exact) mass is 136 g/mol. The minimum Gasteiger partial charge on any atom is -0.441 e. The van der Waals surface area contributed by atoms with Crippen molar-refractivity contribution in [2.45, 2.75) is 0 Å². The molecular formula is C6H4N2O2. The summed E-state index contributed by atoms with van der Waals surface area (Å²) in [4.78, 5) is 7.72. The molecule has 0 radical (unpaired) electrons. The Labute approximate surface area is 57.2 Å². The number of fused-ring (bicyclic) bond motifs is 1. The summed E-state index contributed by atoms with van der Waals surface area (Å²) in [6.07, 6.45) is 5.91. The summed E-state index contributed by atoms with van der Waals surface area (Å²) in [6, 6.07) is 0. The molecule has 10 heavy (non-hydrogen) atoms. The first-order valence-corrected chi connectivity index (χ1v) is 2.76. The van der Waals surface area contributed by atoms with Crippen LogP contribution in [0.2, 0.25) is 0 Å². The van der Waals surface area contributed by atoms with E-state index in [1.807, 2.05) is 0 Å². The first kappa shape index (κ1) is 5.22. The van der Waals surface area contributed by atoms with Gasteiger partial charge in [-0.3, -0.25) is 0 Å². The fourth-order valence-corrected chi connectivity index (χ4v) is 0.658. The van der Waals surface area contributed by atoms with Gasteiger partial charge in [0, 0.05) is 0 Å². The lowest BCUT2D eigenvalue weighted by Gasteiger charge is -2.11. The average molecular weight is 136 g/mol. The molecule has 4 nitrogen and oxygen atoms in total. The van der Waals surface area contributed by atoms with Crippen LogP contribution in [0.1, 0.15) is 0 Å². The standard InChI is InChI=1S/C6H4N2O2/c1-3-9-6-5(7-1)10-4-2-8-6/h1-4H. The Morgan fingerprint density at radius 3 is 1.90 bits per heavy atom. The molecule has 0 aromatic rings. The van der Waals surface area contributed by atoms with Gasteiger partial charge in [-0.25, -0.2) is 9.98 Å². The molecule has 0 fully saturated rings. The molecule has 0 N–H and O–H groups in total. The Morgan fingerprint density at radius 2 is 1.40 bits per heavy atom. The Bertz CT molecular complexity index is 235. The largest absolute Gasteiger partial charge is 0.441 e. The van der Waals surface area contributed by atoms with Gasteiger partial charge in [0.15, 0.2) is 0 Å². The summed E-state index contributed by atoms with van der Waals surface area (Å²) in [5.74, 6) is 0.815. The molecule has 0 saturated heterocycles. The highest BCUT2D eigenvalue weighted by Crippen LogP contribution is 2.04. The smallest absolute Gasteiger partial charge is 0.283 e. The van der Waals surface area contributed by atoms with Crippen molar-refractivity contribution in [1.29, 1.82) is 0 Å². The van der Waals surface area contributed by atoms with Gasteiger partial charge < -0.3 is 9.47 Å². The summed E-state index contributed by atoms with van der Waals surface area (Å²) in [7, 11) is 0. The van der Waals surface area contributed by atoms with Crippen LogP contribution in [-0.4, -0.2) is 11.8 Å². The van der Waals surface area contributed by atoms with Crippen LogP contribution < -0.4 is 0 Å². The van der Waals surface area contributed by atoms with Crippen LogP contribution in [0.3, 0.4) is 0 Å². The van der Waals surface area contributed by atoms with E-state index in [4.69, 9.17) is 9.47 Å². The number of hydrogen-bond acceptors (Lipinski definition) is 4. The molecule has 2 rings (SSSR count). The van der Waals surface area contributed by atoms with Gasteiger partial charge in [0.25, 0.3) is 11.8 Å². The molecule has 0 spiro atoms. The minimum atomic E-state index is 0.407. The first-order chi connectivity index (χ1) is 4.97. The lowest BCUT2D eigenvalue weighted by molar-refractivity contribution is 0.417. The van der Waals surface area contributed by atoms with E-state index in [9.17, 15) is 0 Å². The van der Waals surface area contributed by atoms with E-state index in [0.717, 1.165) is 0 Å². The normalized spacial score (nSPS) is 20.0. The van der Waals surface area contributed by atoms with Crippen LogP contribution in [0, 0.1) is 0 Å². The zero-order valence-electron chi connectivity index (χ0n) is 5.02. The Kier molecular flexibility index (Phi) is 1.04. The van der Waals surface area contributed by atoms with Crippen molar-refractivity contribution >= 4 is 11.8 Å². The zero-order chi connectivity index (χ0) is 6.81. The first-order valence-electron chi connectivity index (χ1n) is 2.76. The zero-order valence-corrected chi connectivity index (χ0v) is 5.02. The summed E-state index contributed by atoms with van der Waals surface area (Å²) in [5, 5.41) is 0. The van der Waals surface area contributed by atoms with Gasteiger partial charge in [0.05, 0.1) is 12.4 Å². The maximum absolute atomic E-state index is 4.94. The second-order valence-corrected chi connectivity index (χ2v) is 1.67. The van der Waals surface area contributed by atoms with Crippen molar-refractivity contribution in [3.05, 3.63) is 24.9 Å². The van der Waals surface area contributed by atoms with Crippen LogP contribution in [0.15, 0.2) is 34.9 Å². The fourth-order valence-electron chi connectivity index (χ4n) is 0.658. The van der Waals surface area contributed by atoms with E-state index in [1.54, 1.807) is 0 Å². The molecule has 0 aromatic heterocycles. The summed E-state index contributed by atoms with van der Waals surface area (Å²) >= 11 is 0. The molecule has 0 atom stereocenters. The van der Waals surface area contributed by atoms with E-state index >= 15 is 0 Å². The third kappa shape index (κ3) is 0.699. The van der Waals surface area contributed by atoms with Gasteiger partial charge in [-0.2, -0.15) is 0 Å². The Balaban J connectivity index is 2.38. The molecule has 0 bridgehead atoms. The van der Waals surface area contributed by atoms with Crippen molar-refractivity contribution in [3.8, 4) is 0 Å². The van der Waals surface area contributed by atoms with Gasteiger partial charge >= 0.3 is 0 Å². The van der Waals surface area contributed by atoms with Crippen LogP contribution in [0.25, 0.3) is 0 Å². The molecule has 50 valence electrons. The van der Waals surface area contributed by atoms with Gasteiger partial charge in [0.2, 0.25) is 0 Å². The third-order valence-electron chi connectivity index (χ3n) is 1.05. The summed E-state index contributed by atoms with van der Waals surface area (Å²) in [5.41, 5.74) is 0. The van der Waals surface area contributed by atoms with Crippen LogP contribution in [0.5, 0.6) is 0 Å². The second-order valence-electron chi connectivity index (χ2n) is 1.67. The van der Waals surface area contributed by atoms with Crippen molar-refractivity contribution in [1.82, 2.24) is 0 Å². The minimum absolute atomic E-state index is 0.407. The van der Waals surface area contributed by atoms with Crippen molar-refractivity contribution in [2.75, 3.05) is 0 Å². The molecular weight excluding hydrogens is 132 g/mol. The van der Waals surface area contributed by atoms with Gasteiger partial charge in [-0.15, -0.1) is 0 Å². The SMILES string of the molecule is C1=COC2=NC=COC2=N1. The van der Waals surface area contributed by atoms with E-state index in [0.29, 0.717) is 11.8 Å². The van der Waals surface area contributed by atoms with Crippen LogP contribution in [-0.2, 0) is 9.47 Å². The van der Waals surface area contributed by atoms with Crippen molar-refractivity contribution < 1.29 is 9.47 Å². The van der Waals surface area contributed by atoms with E-state index in [1.165, 1.54) is 24.9 Å². The number of rotatable bonds is 0. The highest BCUT2D eigenvalue weighted by atomic mass is 16.5. The molecule has 0 saturated carbocycles. The number of hydrogen-bond donors (Lipinski definition) is 0. The molecule has 2 aliphatic rings. The average Bonchev–Trinajstić information content (AvgIpc) is 2.05. The molecule has 0 aromatic carbocycles. The number of ether oxygens (including phenoxy) is 2. The molecule has 0 amide bonds. The third-order valence-corrected chi connectivity index (χ3v) is 1.05. The number of nitrogens with zero attached hydrogens (tertiary/aromatic N) is 2. The quantitative estimate of drug-likeness (QED) is 0.494. The van der Waals surface area contributed by atoms with Gasteiger partial charge in [-0.05, 0) is 0 Å². The highest BCUT2D eigenvalue weighted by molar-refractivity contribution is 6.36. The molecule has 0 unspecified atom stereocenters. The van der Waals surface area contributed by atoms with Crippen molar-refractivity contribution in [2.24, 2.45) is 9.98 Å². The fraction of sp³-hybridized carbons (Fsp3) is 0. The van der Waals surface area contributed by atoms with Crippen molar-refractivity contribution in [3.63, 3.8) is 0 Å². The predicted molar refractivity (Wildman–Crippen MR) is 35.3 cm³/mol. The number of aliphatic imine (C=N–C) groups is 2. The topological polar surface area (TPSA) is 43.2 Å². The van der Waals surface area contributed by atoms with E-state index in [-0.39, 0.29) is 0 Å². The van der Waals surface area contributed by atoms with Crippen LogP contribution in [0.4, 0.5) is 0 Å². The lowest BCUT2D eigenvalue weighted by Crippen LogP contribution is -2.20. The van der Waals surface area contributed by atoms with E-state index in [2.05, 4.69) is 9.98 Å². The maximum Gasteiger partial charge on any atom is 0.283 e.